The van der Waals surface area contributed by atoms with Crippen LogP contribution in [0.3, 0.4) is 0 Å². The van der Waals surface area contributed by atoms with Crippen molar-refractivity contribution >= 4 is 11.8 Å². The minimum Gasteiger partial charge on any atom is -0.352 e. The number of unbranched alkanes of at least 4 members (excludes halogenated alkanes) is 1. The molecule has 0 saturated carbocycles. The SMILES string of the molecule is CCCCNC(=O)c1cncc(C(=O)N2CCC(Cc3ccccc3)CC2)c1. The van der Waals surface area contributed by atoms with Gasteiger partial charge in [0.25, 0.3) is 11.8 Å². The van der Waals surface area contributed by atoms with Crippen molar-refractivity contribution < 1.29 is 9.59 Å². The minimum atomic E-state index is -0.169. The number of nitrogens with zero attached hydrogens (tertiary/aromatic N) is 2. The summed E-state index contributed by atoms with van der Waals surface area (Å²) in [6.07, 6.45) is 8.12. The number of amides is 2. The molecule has 0 aliphatic carbocycles. The molecule has 0 spiro atoms. The zero-order chi connectivity index (χ0) is 19.8. The highest BCUT2D eigenvalue weighted by Crippen LogP contribution is 2.23. The largest absolute Gasteiger partial charge is 0.352 e. The first kappa shape index (κ1) is 20.1. The van der Waals surface area contributed by atoms with E-state index >= 15 is 0 Å². The number of pyridine rings is 1. The van der Waals surface area contributed by atoms with Crippen molar-refractivity contribution in [3.05, 3.63) is 65.5 Å². The van der Waals surface area contributed by atoms with E-state index in [9.17, 15) is 9.59 Å². The smallest absolute Gasteiger partial charge is 0.255 e. The first-order valence-corrected chi connectivity index (χ1v) is 10.2. The fourth-order valence-corrected chi connectivity index (χ4v) is 3.63. The van der Waals surface area contributed by atoms with Crippen molar-refractivity contribution in [2.45, 2.75) is 39.0 Å². The lowest BCUT2D eigenvalue weighted by Crippen LogP contribution is -2.39. The number of aromatic nitrogens is 1. The van der Waals surface area contributed by atoms with E-state index in [0.717, 1.165) is 45.2 Å². The van der Waals surface area contributed by atoms with Crippen molar-refractivity contribution in [3.63, 3.8) is 0 Å². The zero-order valence-corrected chi connectivity index (χ0v) is 16.6. The summed E-state index contributed by atoms with van der Waals surface area (Å²) >= 11 is 0. The molecular weight excluding hydrogens is 350 g/mol. The van der Waals surface area contributed by atoms with Crippen LogP contribution in [0.1, 0.15) is 58.9 Å². The van der Waals surface area contributed by atoms with Crippen LogP contribution in [0, 0.1) is 5.92 Å². The summed E-state index contributed by atoms with van der Waals surface area (Å²) in [5.41, 5.74) is 2.30. The van der Waals surface area contributed by atoms with Gasteiger partial charge in [0.2, 0.25) is 0 Å². The number of benzene rings is 1. The van der Waals surface area contributed by atoms with Crippen LogP contribution < -0.4 is 5.32 Å². The van der Waals surface area contributed by atoms with E-state index in [1.807, 2.05) is 11.0 Å². The van der Waals surface area contributed by atoms with Gasteiger partial charge in [-0.05, 0) is 43.2 Å². The Labute approximate surface area is 167 Å². The van der Waals surface area contributed by atoms with Crippen molar-refractivity contribution in [1.82, 2.24) is 15.2 Å². The quantitative estimate of drug-likeness (QED) is 0.746. The summed E-state index contributed by atoms with van der Waals surface area (Å²) < 4.78 is 0. The lowest BCUT2D eigenvalue weighted by Gasteiger charge is -2.32. The average Bonchev–Trinajstić information content (AvgIpc) is 2.75. The molecule has 5 heteroatoms. The first-order chi connectivity index (χ1) is 13.7. The van der Waals surface area contributed by atoms with Gasteiger partial charge in [0.15, 0.2) is 0 Å². The Kier molecular flexibility index (Phi) is 7.18. The molecule has 2 heterocycles. The zero-order valence-electron chi connectivity index (χ0n) is 16.6. The molecule has 0 bridgehead atoms. The third-order valence-electron chi connectivity index (χ3n) is 5.33. The third kappa shape index (κ3) is 5.41. The molecule has 0 radical (unpaired) electrons. The molecular formula is C23H29N3O2. The molecule has 3 rings (SSSR count). The minimum absolute atomic E-state index is 0.0335. The summed E-state index contributed by atoms with van der Waals surface area (Å²) in [7, 11) is 0. The summed E-state index contributed by atoms with van der Waals surface area (Å²) in [6, 6.07) is 12.2. The van der Waals surface area contributed by atoms with Gasteiger partial charge >= 0.3 is 0 Å². The molecule has 148 valence electrons. The number of hydrogen-bond donors (Lipinski definition) is 1. The Morgan fingerprint density at radius 2 is 1.82 bits per heavy atom. The van der Waals surface area contributed by atoms with E-state index in [2.05, 4.69) is 41.5 Å². The van der Waals surface area contributed by atoms with Gasteiger partial charge in [-0.15, -0.1) is 0 Å². The Hall–Kier alpha value is -2.69. The monoisotopic (exact) mass is 379 g/mol. The average molecular weight is 380 g/mol. The molecule has 5 nitrogen and oxygen atoms in total. The summed E-state index contributed by atoms with van der Waals surface area (Å²) in [6.45, 7) is 4.23. The molecule has 1 aromatic heterocycles. The molecule has 1 aromatic carbocycles. The number of piperidine rings is 1. The second kappa shape index (κ2) is 10.0. The molecule has 1 fully saturated rings. The van der Waals surface area contributed by atoms with Crippen molar-refractivity contribution in [1.29, 1.82) is 0 Å². The summed E-state index contributed by atoms with van der Waals surface area (Å²) in [5, 5.41) is 2.87. The summed E-state index contributed by atoms with van der Waals surface area (Å²) in [4.78, 5) is 31.1. The van der Waals surface area contributed by atoms with Gasteiger partial charge in [-0.1, -0.05) is 43.7 Å². The number of nitrogens with one attached hydrogen (secondary N) is 1. The molecule has 1 N–H and O–H groups in total. The maximum Gasteiger partial charge on any atom is 0.255 e. The molecule has 1 aliphatic rings. The molecule has 0 unspecified atom stereocenters. The lowest BCUT2D eigenvalue weighted by molar-refractivity contribution is 0.0690. The van der Waals surface area contributed by atoms with E-state index in [-0.39, 0.29) is 11.8 Å². The van der Waals surface area contributed by atoms with E-state index in [0.29, 0.717) is 23.6 Å². The third-order valence-corrected chi connectivity index (χ3v) is 5.33. The van der Waals surface area contributed by atoms with Crippen molar-refractivity contribution in [2.24, 2.45) is 5.92 Å². The van der Waals surface area contributed by atoms with Gasteiger partial charge in [0.05, 0.1) is 11.1 Å². The molecule has 1 saturated heterocycles. The van der Waals surface area contributed by atoms with E-state index in [1.54, 1.807) is 12.3 Å². The number of hydrogen-bond acceptors (Lipinski definition) is 3. The van der Waals surface area contributed by atoms with Crippen molar-refractivity contribution in [3.8, 4) is 0 Å². The predicted octanol–water partition coefficient (Wildman–Crippen LogP) is 3.71. The van der Waals surface area contributed by atoms with E-state index < -0.39 is 0 Å². The van der Waals surface area contributed by atoms with E-state index in [1.165, 1.54) is 11.8 Å². The Morgan fingerprint density at radius 1 is 1.11 bits per heavy atom. The lowest BCUT2D eigenvalue weighted by atomic mass is 9.90. The predicted molar refractivity (Wildman–Crippen MR) is 110 cm³/mol. The van der Waals surface area contributed by atoms with Gasteiger partial charge in [0.1, 0.15) is 0 Å². The van der Waals surface area contributed by atoms with Crippen molar-refractivity contribution in [2.75, 3.05) is 19.6 Å². The van der Waals surface area contributed by atoms with Gasteiger partial charge in [-0.2, -0.15) is 0 Å². The molecule has 2 amide bonds. The van der Waals surface area contributed by atoms with Crippen LogP contribution >= 0.6 is 0 Å². The summed E-state index contributed by atoms with van der Waals surface area (Å²) in [5.74, 6) is 0.409. The van der Waals surface area contributed by atoms with Crippen LogP contribution in [-0.4, -0.2) is 41.3 Å². The number of likely N-dealkylation sites (tertiary alicyclic amines) is 1. The first-order valence-electron chi connectivity index (χ1n) is 10.2. The molecule has 28 heavy (non-hydrogen) atoms. The van der Waals surface area contributed by atoms with Crippen LogP contribution in [0.4, 0.5) is 0 Å². The van der Waals surface area contributed by atoms with Gasteiger partial charge in [0, 0.05) is 32.0 Å². The highest BCUT2D eigenvalue weighted by molar-refractivity contribution is 5.99. The van der Waals surface area contributed by atoms with Crippen LogP contribution in [-0.2, 0) is 6.42 Å². The second-order valence-electron chi connectivity index (χ2n) is 7.50. The van der Waals surface area contributed by atoms with Crippen LogP contribution in [0.2, 0.25) is 0 Å². The van der Waals surface area contributed by atoms with E-state index in [4.69, 9.17) is 0 Å². The number of carbonyl (C=O) groups is 2. The number of rotatable bonds is 7. The Balaban J connectivity index is 1.55. The molecule has 1 aliphatic heterocycles. The highest BCUT2D eigenvalue weighted by atomic mass is 16.2. The van der Waals surface area contributed by atoms with Crippen LogP contribution in [0.5, 0.6) is 0 Å². The van der Waals surface area contributed by atoms with Gasteiger partial charge in [-0.25, -0.2) is 0 Å². The Morgan fingerprint density at radius 3 is 2.54 bits per heavy atom. The fourth-order valence-electron chi connectivity index (χ4n) is 3.63. The molecule has 2 aromatic rings. The Bertz CT molecular complexity index is 783. The van der Waals surface area contributed by atoms with Crippen LogP contribution in [0.25, 0.3) is 0 Å². The second-order valence-corrected chi connectivity index (χ2v) is 7.50. The van der Waals surface area contributed by atoms with Crippen LogP contribution in [0.15, 0.2) is 48.8 Å². The maximum absolute atomic E-state index is 12.9. The highest BCUT2D eigenvalue weighted by Gasteiger charge is 2.24. The fraction of sp³-hybridized carbons (Fsp3) is 0.435. The molecule has 0 atom stereocenters. The van der Waals surface area contributed by atoms with Gasteiger partial charge in [-0.3, -0.25) is 14.6 Å². The topological polar surface area (TPSA) is 62.3 Å². The van der Waals surface area contributed by atoms with Gasteiger partial charge < -0.3 is 10.2 Å². The number of carbonyl (C=O) groups excluding carboxylic acids is 2. The maximum atomic E-state index is 12.9. The standard InChI is InChI=1S/C23H29N3O2/c1-2-3-11-25-22(27)20-15-21(17-24-16-20)23(28)26-12-9-19(10-13-26)14-18-7-5-4-6-8-18/h4-8,15-17,19H,2-3,9-14H2,1H3,(H,25,27). The normalized spacial score (nSPS) is 14.7.